The lowest BCUT2D eigenvalue weighted by Crippen LogP contribution is -2.53. The van der Waals surface area contributed by atoms with Crippen molar-refractivity contribution in [3.05, 3.63) is 52.1 Å². The number of unbranched alkanes of at least 4 members (excludes halogenated alkanes) is 2. The van der Waals surface area contributed by atoms with E-state index >= 15 is 0 Å². The second-order valence-electron chi connectivity index (χ2n) is 10.4. The average Bonchev–Trinajstić information content (AvgIpc) is 3.18. The van der Waals surface area contributed by atoms with E-state index in [2.05, 4.69) is 13.8 Å². The van der Waals surface area contributed by atoms with Crippen molar-refractivity contribution >= 4 is 51.7 Å². The third kappa shape index (κ3) is 6.13. The predicted molar refractivity (Wildman–Crippen MR) is 161 cm³/mol. The highest BCUT2D eigenvalue weighted by atomic mass is 35.5. The van der Waals surface area contributed by atoms with E-state index in [1.807, 2.05) is 41.3 Å². The van der Waals surface area contributed by atoms with Gasteiger partial charge in [-0.2, -0.15) is 0 Å². The van der Waals surface area contributed by atoms with Crippen molar-refractivity contribution in [2.45, 2.75) is 58.7 Å². The molecule has 0 unspecified atom stereocenters. The molecule has 3 amide bonds. The van der Waals surface area contributed by atoms with Crippen molar-refractivity contribution in [2.75, 3.05) is 39.3 Å². The first kappa shape index (κ1) is 29.9. The van der Waals surface area contributed by atoms with Gasteiger partial charge in [0.25, 0.3) is 0 Å². The van der Waals surface area contributed by atoms with Gasteiger partial charge in [0.2, 0.25) is 5.91 Å². The molecule has 0 aliphatic carbocycles. The highest BCUT2D eigenvalue weighted by molar-refractivity contribution is 6.45. The van der Waals surface area contributed by atoms with Crippen molar-refractivity contribution in [2.24, 2.45) is 0 Å². The van der Waals surface area contributed by atoms with Gasteiger partial charge in [0.1, 0.15) is 11.7 Å². The third-order valence-electron chi connectivity index (χ3n) is 7.43. The summed E-state index contributed by atoms with van der Waals surface area (Å²) in [5.41, 5.74) is 2.40. The molecular weight excluding hydrogens is 551 g/mol. The van der Waals surface area contributed by atoms with E-state index in [9.17, 15) is 9.59 Å². The van der Waals surface area contributed by atoms with Gasteiger partial charge in [-0.3, -0.25) is 9.69 Å². The summed E-state index contributed by atoms with van der Waals surface area (Å²) in [6.45, 7) is 5.83. The van der Waals surface area contributed by atoms with Gasteiger partial charge in [-0.1, -0.05) is 55.1 Å². The minimum atomic E-state index is -0.0951. The second kappa shape index (κ2) is 13.0. The molecule has 4 rings (SSSR count). The van der Waals surface area contributed by atoms with Crippen molar-refractivity contribution in [3.8, 4) is 11.5 Å². The van der Waals surface area contributed by atoms with E-state index in [-0.39, 0.29) is 24.5 Å². The maximum Gasteiger partial charge on any atom is 0.325 e. The van der Waals surface area contributed by atoms with Gasteiger partial charge in [-0.05, 0) is 43.5 Å². The molecule has 0 spiro atoms. The number of fused-ring (bicyclic) bond motifs is 1. The normalized spacial score (nSPS) is 15.6. The lowest BCUT2D eigenvalue weighted by atomic mass is 10.1. The number of hydrogen-bond donors (Lipinski definition) is 0. The number of hydrogen-bond acceptors (Lipinski definition) is 4. The van der Waals surface area contributed by atoms with Crippen LogP contribution in [0.4, 0.5) is 10.5 Å². The molecule has 1 atom stereocenters. The summed E-state index contributed by atoms with van der Waals surface area (Å²) in [7, 11) is 5.02. The highest BCUT2D eigenvalue weighted by Gasteiger charge is 2.33. The Morgan fingerprint density at radius 2 is 1.90 bits per heavy atom. The van der Waals surface area contributed by atoms with Crippen LogP contribution in [0.3, 0.4) is 0 Å². The van der Waals surface area contributed by atoms with Crippen molar-refractivity contribution in [3.63, 3.8) is 0 Å². The Morgan fingerprint density at radius 3 is 2.60 bits per heavy atom. The molecule has 10 heteroatoms. The van der Waals surface area contributed by atoms with Gasteiger partial charge in [0.15, 0.2) is 11.5 Å². The predicted octanol–water partition coefficient (Wildman–Crippen LogP) is 6.83. The monoisotopic (exact) mass is 588 g/mol. The fourth-order valence-corrected chi connectivity index (χ4v) is 5.56. The average molecular weight is 590 g/mol. The summed E-state index contributed by atoms with van der Waals surface area (Å²) >= 11 is 13.3. The number of urea groups is 1. The summed E-state index contributed by atoms with van der Waals surface area (Å²) in [6.07, 6.45) is 3.96. The number of carbonyl (C=O) groups excluding carboxylic acids is 2. The molecule has 2 aromatic carbocycles. The van der Waals surface area contributed by atoms with Gasteiger partial charge in [-0.25, -0.2) is 4.79 Å². The van der Waals surface area contributed by atoms with Gasteiger partial charge in [0.05, 0.1) is 24.3 Å². The number of ether oxygens (including phenoxy) is 2. The largest absolute Gasteiger partial charge is 0.493 e. The number of methoxy groups -OCH3 is 1. The van der Waals surface area contributed by atoms with E-state index in [0.29, 0.717) is 41.4 Å². The SMILES string of the molecule is CCCCCOc1cc(N2CC[C@H](C)N(Cc3cccc4c3c(Cl)c(Cl)n4CC(=O)N(C)C)C2=O)ccc1OC. The highest BCUT2D eigenvalue weighted by Crippen LogP contribution is 2.38. The fourth-order valence-electron chi connectivity index (χ4n) is 4.99. The molecule has 1 saturated heterocycles. The topological polar surface area (TPSA) is 67.2 Å². The first-order valence-electron chi connectivity index (χ1n) is 13.7. The van der Waals surface area contributed by atoms with Crippen LogP contribution in [0, 0.1) is 0 Å². The Balaban J connectivity index is 1.61. The smallest absolute Gasteiger partial charge is 0.325 e. The first-order chi connectivity index (χ1) is 19.2. The van der Waals surface area contributed by atoms with Crippen molar-refractivity contribution < 1.29 is 19.1 Å². The molecule has 0 N–H and O–H groups in total. The van der Waals surface area contributed by atoms with Crippen LogP contribution in [-0.4, -0.2) is 66.7 Å². The van der Waals surface area contributed by atoms with Crippen LogP contribution in [0.2, 0.25) is 10.2 Å². The van der Waals surface area contributed by atoms with E-state index in [0.717, 1.165) is 47.8 Å². The zero-order chi connectivity index (χ0) is 29.0. The molecule has 1 aliphatic heterocycles. The summed E-state index contributed by atoms with van der Waals surface area (Å²) in [6, 6.07) is 11.3. The molecule has 40 heavy (non-hydrogen) atoms. The van der Waals surface area contributed by atoms with Crippen LogP contribution in [0.5, 0.6) is 11.5 Å². The minimum absolute atomic E-state index is 0.0219. The maximum absolute atomic E-state index is 13.9. The lowest BCUT2D eigenvalue weighted by molar-refractivity contribution is -0.129. The number of halogens is 2. The van der Waals surface area contributed by atoms with E-state index < -0.39 is 0 Å². The summed E-state index contributed by atoms with van der Waals surface area (Å²) in [5.74, 6) is 1.18. The molecule has 3 aromatic rings. The Kier molecular flexibility index (Phi) is 9.74. The number of anilines is 1. The molecule has 8 nitrogen and oxygen atoms in total. The molecule has 1 fully saturated rings. The zero-order valence-electron chi connectivity index (χ0n) is 23.9. The number of carbonyl (C=O) groups is 2. The van der Waals surface area contributed by atoms with Crippen molar-refractivity contribution in [1.29, 1.82) is 0 Å². The summed E-state index contributed by atoms with van der Waals surface area (Å²) in [4.78, 5) is 31.5. The minimum Gasteiger partial charge on any atom is -0.493 e. The Morgan fingerprint density at radius 1 is 1.12 bits per heavy atom. The summed E-state index contributed by atoms with van der Waals surface area (Å²) < 4.78 is 13.2. The quantitative estimate of drug-likeness (QED) is 0.230. The number of likely N-dealkylation sites (N-methyl/N-ethyl adjacent to an activating group) is 1. The van der Waals surface area contributed by atoms with Gasteiger partial charge >= 0.3 is 6.03 Å². The maximum atomic E-state index is 13.9. The van der Waals surface area contributed by atoms with Crippen molar-refractivity contribution in [1.82, 2.24) is 14.4 Å². The lowest BCUT2D eigenvalue weighted by Gasteiger charge is -2.40. The van der Waals surface area contributed by atoms with Crippen LogP contribution in [0.15, 0.2) is 36.4 Å². The van der Waals surface area contributed by atoms with Crippen LogP contribution >= 0.6 is 23.2 Å². The van der Waals surface area contributed by atoms with Crippen LogP contribution in [-0.2, 0) is 17.9 Å². The fraction of sp³-hybridized carbons (Fsp3) is 0.467. The van der Waals surface area contributed by atoms with Crippen LogP contribution < -0.4 is 14.4 Å². The number of nitrogens with zero attached hydrogens (tertiary/aromatic N) is 4. The van der Waals surface area contributed by atoms with Gasteiger partial charge < -0.3 is 23.8 Å². The van der Waals surface area contributed by atoms with Crippen LogP contribution in [0.25, 0.3) is 10.9 Å². The first-order valence-corrected chi connectivity index (χ1v) is 14.5. The third-order valence-corrected chi connectivity index (χ3v) is 8.29. The number of benzene rings is 2. The standard InChI is InChI=1S/C30H38Cl2N4O4/c1-6-7-8-16-40-25-17-22(12-13-24(25)39-5)34-15-14-20(2)35(30(34)38)18-21-10-9-11-23-27(21)28(31)29(32)36(23)19-26(37)33(3)4/h9-13,17,20H,6-8,14-16,18-19H2,1-5H3/t20-/m0/s1. The van der Waals surface area contributed by atoms with Crippen LogP contribution in [0.1, 0.15) is 45.1 Å². The van der Waals surface area contributed by atoms with Gasteiger partial charge in [0, 0.05) is 50.4 Å². The molecule has 2 heterocycles. The Labute approximate surface area is 246 Å². The zero-order valence-corrected chi connectivity index (χ0v) is 25.4. The van der Waals surface area contributed by atoms with Gasteiger partial charge in [-0.15, -0.1) is 0 Å². The van der Waals surface area contributed by atoms with E-state index in [1.165, 1.54) is 4.90 Å². The number of amides is 3. The molecule has 216 valence electrons. The van der Waals surface area contributed by atoms with E-state index in [4.69, 9.17) is 32.7 Å². The number of rotatable bonds is 11. The van der Waals surface area contributed by atoms with E-state index in [1.54, 1.807) is 30.7 Å². The molecule has 0 radical (unpaired) electrons. The molecule has 0 saturated carbocycles. The second-order valence-corrected chi connectivity index (χ2v) is 11.1. The molecule has 1 aliphatic rings. The number of aromatic nitrogens is 1. The Bertz CT molecular complexity index is 1370. The molecular formula is C30H38Cl2N4O4. The Hall–Kier alpha value is -3.10. The molecule has 1 aromatic heterocycles. The summed E-state index contributed by atoms with van der Waals surface area (Å²) in [5, 5.41) is 1.45. The molecule has 0 bridgehead atoms.